The molecule has 2 amide bonds. The predicted molar refractivity (Wildman–Crippen MR) is 115 cm³/mol. The fourth-order valence-corrected chi connectivity index (χ4v) is 4.50. The molecule has 0 bridgehead atoms. The number of nitrogens with zero attached hydrogens (tertiary/aromatic N) is 1. The quantitative estimate of drug-likeness (QED) is 0.644. The van der Waals surface area contributed by atoms with Crippen molar-refractivity contribution < 1.29 is 28.9 Å². The molecule has 1 aromatic rings. The second-order valence-corrected chi connectivity index (χ2v) is 9.77. The molecule has 1 fully saturated rings. The number of ether oxygens (including phenoxy) is 1. The van der Waals surface area contributed by atoms with Crippen molar-refractivity contribution in [3.8, 4) is 0 Å². The van der Waals surface area contributed by atoms with E-state index < -0.39 is 53.5 Å². The van der Waals surface area contributed by atoms with Crippen LogP contribution in [0.25, 0.3) is 0 Å². The number of likely N-dealkylation sites (tertiary alicyclic amines) is 1. The molecule has 31 heavy (non-hydrogen) atoms. The Hall–Kier alpha value is -1.90. The molecule has 0 saturated carbocycles. The molecule has 0 radical (unpaired) electrons. The number of benzene rings is 1. The number of hydrogen-bond donors (Lipinski definition) is 3. The highest BCUT2D eigenvalue weighted by Crippen LogP contribution is 2.44. The molecule has 7 nitrogen and oxygen atoms in total. The van der Waals surface area contributed by atoms with E-state index in [1.807, 2.05) is 0 Å². The van der Waals surface area contributed by atoms with Gasteiger partial charge in [-0.2, -0.15) is 0 Å². The zero-order valence-electron chi connectivity index (χ0n) is 18.8. The third-order valence-electron chi connectivity index (χ3n) is 5.63. The average Bonchev–Trinajstić information content (AvgIpc) is 2.61. The number of aliphatic hydroxyl groups is 2. The first-order chi connectivity index (χ1) is 14.2. The lowest BCUT2D eigenvalue weighted by Crippen LogP contribution is -2.60. The molecule has 174 valence electrons. The number of nitrogens with one attached hydrogen (secondary N) is 1. The van der Waals surface area contributed by atoms with Gasteiger partial charge in [0.2, 0.25) is 5.91 Å². The summed E-state index contributed by atoms with van der Waals surface area (Å²) >= 11 is 5.93. The molecule has 3 N–H and O–H groups in total. The lowest BCUT2D eigenvalue weighted by molar-refractivity contribution is -0.152. The number of alkyl carbamates (subject to hydrolysis) is 1. The molecular weight excluding hydrogens is 427 g/mol. The number of halogens is 2. The van der Waals surface area contributed by atoms with E-state index in [4.69, 9.17) is 16.3 Å². The molecule has 1 saturated heterocycles. The molecule has 9 heteroatoms. The minimum Gasteiger partial charge on any atom is -0.444 e. The lowest BCUT2D eigenvalue weighted by Gasteiger charge is -2.49. The molecule has 0 spiro atoms. The summed E-state index contributed by atoms with van der Waals surface area (Å²) in [6.45, 7) is 9.86. The monoisotopic (exact) mass is 458 g/mol. The van der Waals surface area contributed by atoms with E-state index in [1.54, 1.807) is 47.6 Å². The van der Waals surface area contributed by atoms with E-state index in [-0.39, 0.29) is 23.7 Å². The number of carbonyl (C=O) groups is 2. The summed E-state index contributed by atoms with van der Waals surface area (Å²) in [4.78, 5) is 26.5. The topological polar surface area (TPSA) is 99.1 Å². The minimum atomic E-state index is -1.51. The van der Waals surface area contributed by atoms with Gasteiger partial charge in [0.05, 0.1) is 6.61 Å². The second-order valence-electron chi connectivity index (χ2n) is 9.33. The highest BCUT2D eigenvalue weighted by molar-refractivity contribution is 6.30. The Bertz CT molecular complexity index is 807. The van der Waals surface area contributed by atoms with E-state index in [9.17, 15) is 24.2 Å². The van der Waals surface area contributed by atoms with Gasteiger partial charge >= 0.3 is 6.09 Å². The maximum atomic E-state index is 14.8. The molecule has 1 aliphatic rings. The first-order valence-electron chi connectivity index (χ1n) is 10.3. The highest BCUT2D eigenvalue weighted by Gasteiger charge is 2.49. The number of carbonyl (C=O) groups excluding carboxylic acids is 2. The van der Waals surface area contributed by atoms with E-state index in [0.29, 0.717) is 5.56 Å². The van der Waals surface area contributed by atoms with Crippen molar-refractivity contribution in [3.05, 3.63) is 34.1 Å². The molecule has 4 atom stereocenters. The molecule has 1 aromatic carbocycles. The first kappa shape index (κ1) is 25.4. The summed E-state index contributed by atoms with van der Waals surface area (Å²) < 4.78 is 19.9. The van der Waals surface area contributed by atoms with Crippen molar-refractivity contribution in [1.82, 2.24) is 10.2 Å². The summed E-state index contributed by atoms with van der Waals surface area (Å²) in [5.74, 6) is -2.13. The van der Waals surface area contributed by atoms with Gasteiger partial charge in [-0.05, 0) is 45.4 Å². The maximum absolute atomic E-state index is 14.8. The van der Waals surface area contributed by atoms with Crippen LogP contribution in [0.5, 0.6) is 0 Å². The molecule has 0 aromatic heterocycles. The fourth-order valence-electron chi connectivity index (χ4n) is 4.24. The first-order valence-corrected chi connectivity index (χ1v) is 10.7. The summed E-state index contributed by atoms with van der Waals surface area (Å²) in [6.07, 6.45) is -0.812. The van der Waals surface area contributed by atoms with E-state index >= 15 is 0 Å². The molecule has 1 aliphatic heterocycles. The minimum absolute atomic E-state index is 0.119. The number of rotatable bonds is 4. The molecule has 1 heterocycles. The van der Waals surface area contributed by atoms with Crippen LogP contribution in [-0.4, -0.2) is 58.5 Å². The van der Waals surface area contributed by atoms with Crippen LogP contribution >= 0.6 is 11.6 Å². The largest absolute Gasteiger partial charge is 0.444 e. The van der Waals surface area contributed by atoms with Gasteiger partial charge in [0.15, 0.2) is 0 Å². The number of aryl methyl sites for hydroxylation is 1. The Labute approximate surface area is 187 Å². The van der Waals surface area contributed by atoms with E-state index in [0.717, 1.165) is 0 Å². The number of amides is 2. The van der Waals surface area contributed by atoms with Gasteiger partial charge in [0.1, 0.15) is 23.1 Å². The van der Waals surface area contributed by atoms with Crippen LogP contribution in [0.15, 0.2) is 12.1 Å². The third-order valence-corrected chi connectivity index (χ3v) is 5.85. The molecule has 0 unspecified atom stereocenters. The smallest absolute Gasteiger partial charge is 0.408 e. The Kier molecular flexibility index (Phi) is 7.61. The van der Waals surface area contributed by atoms with Crippen LogP contribution < -0.4 is 5.32 Å². The van der Waals surface area contributed by atoms with Gasteiger partial charge in [0.25, 0.3) is 0 Å². The lowest BCUT2D eigenvalue weighted by atomic mass is 9.69. The number of aliphatic hydroxyl groups excluding tert-OH is 1. The summed E-state index contributed by atoms with van der Waals surface area (Å²) in [5, 5.41) is 23.8. The predicted octanol–water partition coefficient (Wildman–Crippen LogP) is 2.98. The van der Waals surface area contributed by atoms with Crippen LogP contribution in [0.2, 0.25) is 5.02 Å². The van der Waals surface area contributed by atoms with Crippen LogP contribution in [0.3, 0.4) is 0 Å². The van der Waals surface area contributed by atoms with Gasteiger partial charge in [0, 0.05) is 35.5 Å². The van der Waals surface area contributed by atoms with E-state index in [1.165, 1.54) is 11.0 Å². The third kappa shape index (κ3) is 5.48. The summed E-state index contributed by atoms with van der Waals surface area (Å²) in [6, 6.07) is 1.58. The molecular formula is C22H32ClFN2O5. The van der Waals surface area contributed by atoms with Crippen molar-refractivity contribution in [2.45, 2.75) is 58.8 Å². The van der Waals surface area contributed by atoms with Crippen LogP contribution in [0.1, 0.15) is 45.7 Å². The van der Waals surface area contributed by atoms with Gasteiger partial charge in [-0.25, -0.2) is 9.18 Å². The van der Waals surface area contributed by atoms with Crippen molar-refractivity contribution in [2.24, 2.45) is 11.8 Å². The average molecular weight is 459 g/mol. The van der Waals surface area contributed by atoms with Crippen LogP contribution in [0.4, 0.5) is 9.18 Å². The van der Waals surface area contributed by atoms with Gasteiger partial charge < -0.3 is 25.2 Å². The molecule has 0 aliphatic carbocycles. The number of hydrogen-bond acceptors (Lipinski definition) is 5. The van der Waals surface area contributed by atoms with Crippen LogP contribution in [-0.2, 0) is 15.1 Å². The van der Waals surface area contributed by atoms with Crippen molar-refractivity contribution in [3.63, 3.8) is 0 Å². The Morgan fingerprint density at radius 1 is 1.32 bits per heavy atom. The normalized spacial score (nSPS) is 25.2. The van der Waals surface area contributed by atoms with Gasteiger partial charge in [-0.15, -0.1) is 0 Å². The molecule has 2 rings (SSSR count). The fraction of sp³-hybridized carbons (Fsp3) is 0.636. The number of piperidine rings is 1. The van der Waals surface area contributed by atoms with Gasteiger partial charge in [-0.1, -0.05) is 25.4 Å². The SMILES string of the molecule is Cc1cc(Cl)cc(F)c1[C@@]1(O)[C@H](C)CN(C(=O)[C@@H](CO)NC(=O)OC(C)(C)C)C[C@@H]1C. The second kappa shape index (κ2) is 9.30. The zero-order valence-corrected chi connectivity index (χ0v) is 19.6. The highest BCUT2D eigenvalue weighted by atomic mass is 35.5. The summed E-state index contributed by atoms with van der Waals surface area (Å²) in [5.41, 5.74) is -1.55. The standard InChI is InChI=1S/C22H32ClFN2O5/c1-12-7-15(23)8-16(24)18(12)22(30)13(2)9-26(10-14(22)3)19(28)17(11-27)25-20(29)31-21(4,5)6/h7-8,13-14,17,27,30H,9-11H2,1-6H3,(H,25,29)/t13-,14+,17-,22-/m1/s1. The van der Waals surface area contributed by atoms with Crippen molar-refractivity contribution in [1.29, 1.82) is 0 Å². The van der Waals surface area contributed by atoms with Gasteiger partial charge in [-0.3, -0.25) is 4.79 Å². The summed E-state index contributed by atoms with van der Waals surface area (Å²) in [7, 11) is 0. The van der Waals surface area contributed by atoms with Crippen LogP contribution in [0, 0.1) is 24.6 Å². The van der Waals surface area contributed by atoms with Crippen molar-refractivity contribution in [2.75, 3.05) is 19.7 Å². The zero-order chi connectivity index (χ0) is 23.7. The van der Waals surface area contributed by atoms with Crippen molar-refractivity contribution >= 4 is 23.6 Å². The Morgan fingerprint density at radius 3 is 2.32 bits per heavy atom. The Morgan fingerprint density at radius 2 is 1.87 bits per heavy atom. The Balaban J connectivity index is 2.22. The van der Waals surface area contributed by atoms with E-state index in [2.05, 4.69) is 5.32 Å². The maximum Gasteiger partial charge on any atom is 0.408 e.